The molecule has 1 heterocycles. The minimum atomic E-state index is -0.251. The number of amides is 2. The van der Waals surface area contributed by atoms with Crippen LogP contribution in [0.2, 0.25) is 0 Å². The summed E-state index contributed by atoms with van der Waals surface area (Å²) in [5, 5.41) is 3.09. The highest BCUT2D eigenvalue weighted by atomic mass is 19.1. The Bertz CT molecular complexity index is 577. The molecule has 25 heavy (non-hydrogen) atoms. The maximum Gasteiger partial charge on any atom is 0.317 e. The second-order valence-electron chi connectivity index (χ2n) is 7.23. The lowest BCUT2D eigenvalue weighted by molar-refractivity contribution is 0.0597. The molecule has 1 saturated carbocycles. The van der Waals surface area contributed by atoms with Gasteiger partial charge < -0.3 is 15.0 Å². The van der Waals surface area contributed by atoms with Crippen molar-refractivity contribution in [3.05, 3.63) is 30.1 Å². The molecule has 1 aromatic rings. The molecule has 0 aromatic heterocycles. The van der Waals surface area contributed by atoms with E-state index in [-0.39, 0.29) is 17.9 Å². The van der Waals surface area contributed by atoms with Gasteiger partial charge in [-0.1, -0.05) is 0 Å². The van der Waals surface area contributed by atoms with Crippen molar-refractivity contribution in [3.63, 3.8) is 0 Å². The monoisotopic (exact) mass is 349 g/mol. The fourth-order valence-corrected chi connectivity index (χ4v) is 3.27. The molecule has 2 atom stereocenters. The van der Waals surface area contributed by atoms with Crippen molar-refractivity contribution in [1.82, 2.24) is 15.1 Å². The van der Waals surface area contributed by atoms with Gasteiger partial charge in [0.25, 0.3) is 0 Å². The Morgan fingerprint density at radius 3 is 2.60 bits per heavy atom. The second kappa shape index (κ2) is 8.04. The van der Waals surface area contributed by atoms with Crippen LogP contribution in [0.1, 0.15) is 33.1 Å². The van der Waals surface area contributed by atoms with Crippen molar-refractivity contribution in [2.24, 2.45) is 0 Å². The van der Waals surface area contributed by atoms with E-state index < -0.39 is 0 Å². The molecule has 1 saturated heterocycles. The molecular formula is C19H28FN3O2. The summed E-state index contributed by atoms with van der Waals surface area (Å²) in [6, 6.07) is 7.16. The number of nitrogens with one attached hydrogen (secondary N) is 1. The summed E-state index contributed by atoms with van der Waals surface area (Å²) in [6.45, 7) is 7.47. The van der Waals surface area contributed by atoms with Crippen LogP contribution in [0, 0.1) is 5.82 Å². The van der Waals surface area contributed by atoms with Gasteiger partial charge in [0.15, 0.2) is 0 Å². The number of rotatable bonds is 6. The lowest BCUT2D eigenvalue weighted by Gasteiger charge is -2.44. The highest BCUT2D eigenvalue weighted by molar-refractivity contribution is 5.75. The topological polar surface area (TPSA) is 44.8 Å². The fraction of sp³-hybridized carbons (Fsp3) is 0.632. The van der Waals surface area contributed by atoms with Crippen molar-refractivity contribution < 1.29 is 13.9 Å². The third kappa shape index (κ3) is 5.08. The number of carbonyl (C=O) groups excluding carboxylic acids is 1. The van der Waals surface area contributed by atoms with Crippen LogP contribution in [0.5, 0.6) is 5.75 Å². The van der Waals surface area contributed by atoms with Crippen LogP contribution in [0.3, 0.4) is 0 Å². The van der Waals surface area contributed by atoms with Gasteiger partial charge in [0, 0.05) is 37.8 Å². The van der Waals surface area contributed by atoms with Gasteiger partial charge in [0.2, 0.25) is 0 Å². The first-order valence-corrected chi connectivity index (χ1v) is 9.22. The molecule has 2 amide bonds. The lowest BCUT2D eigenvalue weighted by Crippen LogP contribution is -2.60. The fourth-order valence-electron chi connectivity index (χ4n) is 3.27. The predicted molar refractivity (Wildman–Crippen MR) is 95.3 cm³/mol. The Kier molecular flexibility index (Phi) is 5.78. The Balaban J connectivity index is 1.39. The molecule has 0 spiro atoms. The van der Waals surface area contributed by atoms with Crippen LogP contribution in [0.15, 0.2) is 24.3 Å². The molecule has 0 unspecified atom stereocenters. The van der Waals surface area contributed by atoms with Gasteiger partial charge >= 0.3 is 6.03 Å². The van der Waals surface area contributed by atoms with E-state index in [1.54, 1.807) is 12.1 Å². The molecule has 5 nitrogen and oxygen atoms in total. The van der Waals surface area contributed by atoms with E-state index in [9.17, 15) is 9.18 Å². The molecular weight excluding hydrogens is 321 g/mol. The number of benzene rings is 1. The number of hydrogen-bond donors (Lipinski definition) is 1. The molecule has 2 fully saturated rings. The maximum absolute atomic E-state index is 12.9. The normalized spacial score (nSPS) is 24.2. The van der Waals surface area contributed by atoms with Gasteiger partial charge in [0.1, 0.15) is 11.6 Å². The summed E-state index contributed by atoms with van der Waals surface area (Å²) in [4.78, 5) is 16.7. The molecule has 2 aliphatic rings. The summed E-state index contributed by atoms with van der Waals surface area (Å²) < 4.78 is 18.5. The minimum absolute atomic E-state index is 0.0844. The third-order valence-electron chi connectivity index (χ3n) is 4.95. The Morgan fingerprint density at radius 2 is 1.92 bits per heavy atom. The van der Waals surface area contributed by atoms with E-state index in [0.717, 1.165) is 38.9 Å². The summed E-state index contributed by atoms with van der Waals surface area (Å²) in [6.07, 6.45) is 3.14. The van der Waals surface area contributed by atoms with Crippen LogP contribution in [-0.4, -0.2) is 60.2 Å². The van der Waals surface area contributed by atoms with Crippen molar-refractivity contribution in [2.45, 2.75) is 51.2 Å². The van der Waals surface area contributed by atoms with E-state index in [4.69, 9.17) is 4.74 Å². The van der Waals surface area contributed by atoms with Gasteiger partial charge in [-0.2, -0.15) is 0 Å². The number of ether oxygens (including phenoxy) is 1. The molecule has 1 aromatic carbocycles. The number of urea groups is 1. The Labute approximate surface area is 149 Å². The maximum atomic E-state index is 12.9. The smallest absolute Gasteiger partial charge is 0.317 e. The molecule has 1 N–H and O–H groups in total. The number of halogens is 1. The van der Waals surface area contributed by atoms with Crippen molar-refractivity contribution in [3.8, 4) is 5.75 Å². The number of nitrogens with zero attached hydrogens (tertiary/aromatic N) is 2. The molecule has 0 bridgehead atoms. The second-order valence-corrected chi connectivity index (χ2v) is 7.23. The predicted octanol–water partition coefficient (Wildman–Crippen LogP) is 2.86. The number of carbonyl (C=O) groups is 1. The zero-order chi connectivity index (χ0) is 17.8. The average molecular weight is 349 g/mol. The van der Waals surface area contributed by atoms with Crippen LogP contribution < -0.4 is 10.1 Å². The molecule has 1 aliphatic carbocycles. The SMILES string of the molecule is C[C@@H]1CN(C(=O)NC2CC2)[C@@H](C)CN1CCCOc1ccc(F)cc1. The summed E-state index contributed by atoms with van der Waals surface area (Å²) in [5.74, 6) is 0.447. The van der Waals surface area contributed by atoms with Crippen LogP contribution >= 0.6 is 0 Å². The highest BCUT2D eigenvalue weighted by Gasteiger charge is 2.33. The Morgan fingerprint density at radius 1 is 1.20 bits per heavy atom. The highest BCUT2D eigenvalue weighted by Crippen LogP contribution is 2.21. The Hall–Kier alpha value is -1.82. The first kappa shape index (κ1) is 18.0. The standard InChI is InChI=1S/C19H28FN3O2/c1-14-13-23(19(24)21-17-6-7-17)15(2)12-22(14)10-3-11-25-18-8-4-16(20)5-9-18/h4-5,8-9,14-15,17H,3,6-7,10-13H2,1-2H3,(H,21,24)/t14-,15+/m1/s1. The van der Waals surface area contributed by atoms with Crippen molar-refractivity contribution in [1.29, 1.82) is 0 Å². The van der Waals surface area contributed by atoms with Gasteiger partial charge in [-0.25, -0.2) is 9.18 Å². The van der Waals surface area contributed by atoms with Gasteiger partial charge in [-0.05, 0) is 57.4 Å². The quantitative estimate of drug-likeness (QED) is 0.803. The van der Waals surface area contributed by atoms with Gasteiger partial charge in [-0.3, -0.25) is 4.90 Å². The van der Waals surface area contributed by atoms with Crippen molar-refractivity contribution >= 4 is 6.03 Å². The van der Waals surface area contributed by atoms with E-state index >= 15 is 0 Å². The zero-order valence-corrected chi connectivity index (χ0v) is 15.1. The number of piperazine rings is 1. The first-order chi connectivity index (χ1) is 12.0. The van der Waals surface area contributed by atoms with Gasteiger partial charge in [0.05, 0.1) is 6.61 Å². The van der Waals surface area contributed by atoms with Crippen LogP contribution in [0.25, 0.3) is 0 Å². The van der Waals surface area contributed by atoms with Crippen LogP contribution in [0.4, 0.5) is 9.18 Å². The largest absolute Gasteiger partial charge is 0.494 e. The minimum Gasteiger partial charge on any atom is -0.494 e. The zero-order valence-electron chi connectivity index (χ0n) is 15.1. The lowest BCUT2D eigenvalue weighted by atomic mass is 10.1. The van der Waals surface area contributed by atoms with E-state index in [2.05, 4.69) is 24.1 Å². The van der Waals surface area contributed by atoms with Gasteiger partial charge in [-0.15, -0.1) is 0 Å². The van der Waals surface area contributed by atoms with E-state index in [0.29, 0.717) is 24.4 Å². The molecule has 6 heteroatoms. The summed E-state index contributed by atoms with van der Waals surface area (Å²) in [5.41, 5.74) is 0. The summed E-state index contributed by atoms with van der Waals surface area (Å²) >= 11 is 0. The molecule has 138 valence electrons. The summed E-state index contributed by atoms with van der Waals surface area (Å²) in [7, 11) is 0. The first-order valence-electron chi connectivity index (χ1n) is 9.22. The van der Waals surface area contributed by atoms with Crippen molar-refractivity contribution in [2.75, 3.05) is 26.2 Å². The van der Waals surface area contributed by atoms with Crippen LogP contribution in [-0.2, 0) is 0 Å². The molecule has 3 rings (SSSR count). The average Bonchev–Trinajstić information content (AvgIpc) is 3.39. The van der Waals surface area contributed by atoms with E-state index in [1.807, 2.05) is 4.90 Å². The number of hydrogen-bond acceptors (Lipinski definition) is 3. The molecule has 0 radical (unpaired) electrons. The molecule has 1 aliphatic heterocycles. The van der Waals surface area contributed by atoms with E-state index in [1.165, 1.54) is 12.1 Å². The third-order valence-corrected chi connectivity index (χ3v) is 4.95.